The number of hydrogen-bond donors (Lipinski definition) is 9. The summed E-state index contributed by atoms with van der Waals surface area (Å²) in [5, 5.41) is 36.8. The number of Topliss-reactive ketones (excluding diaryl/α,β-unsaturated/α-hetero) is 1. The highest BCUT2D eigenvalue weighted by Gasteiger charge is 2.22. The number of phenols is 1. The van der Waals surface area contributed by atoms with E-state index < -0.39 is 0 Å². The number of nitrogens with two attached hydrogens (primary N) is 1. The number of aliphatic imine (C=N–C) groups is 1. The van der Waals surface area contributed by atoms with Crippen molar-refractivity contribution in [1.29, 1.82) is 0 Å². The lowest BCUT2D eigenvalue weighted by molar-refractivity contribution is 0.0995. The van der Waals surface area contributed by atoms with Gasteiger partial charge < -0.3 is 51.6 Å². The number of aromatic amines is 1. The number of dihydropyridines is 1. The van der Waals surface area contributed by atoms with Crippen molar-refractivity contribution in [1.82, 2.24) is 35.0 Å². The molecule has 22 nitrogen and oxygen atoms in total. The number of aromatic hydroxyl groups is 1. The van der Waals surface area contributed by atoms with Gasteiger partial charge in [0.05, 0.1) is 40.3 Å². The number of H-pyrrole nitrogens is 1. The summed E-state index contributed by atoms with van der Waals surface area (Å²) in [5.74, 6) is 8.02. The Bertz CT molecular complexity index is 6750. The fourth-order valence-electron chi connectivity index (χ4n) is 14.4. The van der Waals surface area contributed by atoms with Crippen LogP contribution in [-0.4, -0.2) is 77.1 Å². The minimum absolute atomic E-state index is 0.0290. The van der Waals surface area contributed by atoms with E-state index >= 15 is 0 Å². The molecule has 0 saturated carbocycles. The zero-order valence-corrected chi connectivity index (χ0v) is 71.4. The molecule has 125 heavy (non-hydrogen) atoms. The second-order valence-electron chi connectivity index (χ2n) is 31.9. The fraction of sp³-hybridized carbons (Fsp3) is 0.165. The minimum Gasteiger partial charge on any atom is -0.508 e. The Hall–Kier alpha value is -15.4. The molecule has 0 spiro atoms. The molecule has 0 saturated heterocycles. The second-order valence-corrected chi connectivity index (χ2v) is 31.9. The highest BCUT2D eigenvalue weighted by molar-refractivity contribution is 6.11. The van der Waals surface area contributed by atoms with E-state index in [1.807, 2.05) is 247 Å². The predicted molar refractivity (Wildman–Crippen MR) is 497 cm³/mol. The Morgan fingerprint density at radius 3 is 1.90 bits per heavy atom. The van der Waals surface area contributed by atoms with Gasteiger partial charge in [-0.05, 0) is 250 Å². The van der Waals surface area contributed by atoms with Gasteiger partial charge in [-0.15, -0.1) is 0 Å². The first kappa shape index (κ1) is 86.0. The number of allylic oxidation sites excluding steroid dienone is 2. The molecule has 11 aromatic carbocycles. The van der Waals surface area contributed by atoms with Crippen LogP contribution in [0.25, 0.3) is 45.1 Å². The van der Waals surface area contributed by atoms with Crippen LogP contribution in [0.15, 0.2) is 278 Å². The number of imidazole rings is 1. The maximum absolute atomic E-state index is 12.9. The quantitative estimate of drug-likeness (QED) is 0.0361. The van der Waals surface area contributed by atoms with Crippen molar-refractivity contribution in [3.05, 3.63) is 373 Å². The summed E-state index contributed by atoms with van der Waals surface area (Å²) in [6.07, 6.45) is 15.0. The first-order valence-corrected chi connectivity index (χ1v) is 41.3. The molecular weight excluding hydrogens is 1560 g/mol. The van der Waals surface area contributed by atoms with E-state index in [1.165, 1.54) is 17.7 Å². The molecule has 17 rings (SSSR count). The average Bonchev–Trinajstić information content (AvgIpc) is 1.73. The molecule has 5 heterocycles. The standard InChI is InChI=1S/C28H25N5O.C27H27N3O2.C26H26N4O2.C22H20N2O3/c1-18-8-7-11-23(14-18)30-28(34)21-13-12-19(2)22(15-21)16-25-24-17-29-33(3)27(24)32-26(31-25)20-9-5-4-6-10-20;1-17-8-9-21(30-26(32)18-6-5-7-19(14-18)27(2,3)4)16-24(17)29-20-10-11-23-22(15-20)25(31)12-13-28-23;1-2-15-31-21-7-3-18(4-8-21)26-29-24(17-11-13-28-14-12-17)25(30-26)20-5-9-22-19(16-20)6-10-23(22)32-27;1-14-4-3-5-17(12-14)22(27)23-18-9-6-15(2)20(13-18)24-21(26)16-7-10-19(25)11-8-16/h4-15,17H,16H2,1-3H3,(H,30,34);5-11,13-16,29H,12H2,1-4H3,(H,30,32);3-5,7-9,11-14,16,28H,2,6,10,15,27H2,1H3,(H,29,30);3-13,25H,1-2H3,(H,23,27)(H,24,26)/b;;25-20-;. The number of ketones is 1. The van der Waals surface area contributed by atoms with Crippen molar-refractivity contribution in [3.8, 4) is 34.3 Å². The zero-order valence-electron chi connectivity index (χ0n) is 71.4. The van der Waals surface area contributed by atoms with Gasteiger partial charge in [-0.3, -0.25) is 33.6 Å². The molecule has 0 atom stereocenters. The van der Waals surface area contributed by atoms with E-state index in [-0.39, 0.29) is 40.6 Å². The lowest BCUT2D eigenvalue weighted by Gasteiger charge is -2.19. The van der Waals surface area contributed by atoms with Gasteiger partial charge in [0.1, 0.15) is 23.1 Å². The van der Waals surface area contributed by atoms with Crippen LogP contribution in [0, 0.1) is 45.2 Å². The van der Waals surface area contributed by atoms with Crippen LogP contribution in [-0.2, 0) is 30.1 Å². The van der Waals surface area contributed by atoms with Crippen molar-refractivity contribution in [2.75, 3.05) is 33.2 Å². The molecule has 10 N–H and O–H groups in total. The Morgan fingerprint density at radius 2 is 1.21 bits per heavy atom. The summed E-state index contributed by atoms with van der Waals surface area (Å²) in [7, 11) is 1.88. The third-order valence-electron chi connectivity index (χ3n) is 21.4. The van der Waals surface area contributed by atoms with Crippen molar-refractivity contribution in [2.45, 2.75) is 99.8 Å². The van der Waals surface area contributed by atoms with Crippen molar-refractivity contribution < 1.29 is 38.7 Å². The molecule has 0 unspecified atom stereocenters. The highest BCUT2D eigenvalue weighted by atomic mass is 16.6. The van der Waals surface area contributed by atoms with Crippen molar-refractivity contribution >= 4 is 97.8 Å². The van der Waals surface area contributed by atoms with Crippen molar-refractivity contribution in [3.63, 3.8) is 0 Å². The van der Waals surface area contributed by atoms with E-state index in [2.05, 4.69) is 99.8 Å². The molecule has 0 bridgehead atoms. The van der Waals surface area contributed by atoms with Crippen LogP contribution >= 0.6 is 0 Å². The Morgan fingerprint density at radius 1 is 0.576 bits per heavy atom. The number of benzene rings is 11. The molecule has 628 valence electrons. The first-order chi connectivity index (χ1) is 60.4. The minimum atomic E-state index is -0.291. The molecule has 3 aliphatic rings. The van der Waals surface area contributed by atoms with Crippen LogP contribution in [0.4, 0.5) is 39.8 Å². The van der Waals surface area contributed by atoms with Crippen LogP contribution in [0.1, 0.15) is 149 Å². The fourth-order valence-corrected chi connectivity index (χ4v) is 14.4. The van der Waals surface area contributed by atoms with Gasteiger partial charge in [-0.25, -0.2) is 15.0 Å². The number of carbonyl (C=O) groups excluding carboxylic acids is 5. The Balaban J connectivity index is 0.000000136. The number of fused-ring (bicyclic) bond motifs is 3. The third-order valence-corrected chi connectivity index (χ3v) is 21.4. The normalized spacial score (nSPS) is 12.5. The van der Waals surface area contributed by atoms with Gasteiger partial charge in [0.25, 0.3) is 23.6 Å². The number of carbonyl (C=O) groups is 5. The average molecular weight is 1660 g/mol. The number of ether oxygens (including phenoxy) is 1. The lowest BCUT2D eigenvalue weighted by Crippen LogP contribution is -2.15. The van der Waals surface area contributed by atoms with Gasteiger partial charge >= 0.3 is 0 Å². The molecule has 0 radical (unpaired) electrons. The summed E-state index contributed by atoms with van der Waals surface area (Å²) >= 11 is 0. The van der Waals surface area contributed by atoms with Gasteiger partial charge in [0, 0.05) is 134 Å². The van der Waals surface area contributed by atoms with E-state index in [1.54, 1.807) is 41.2 Å². The predicted octanol–water partition coefficient (Wildman–Crippen LogP) is 19.5. The number of nitrogens with one attached hydrogen (secondary N) is 7. The number of aryl methyl sites for hydroxylation is 7. The molecule has 22 heteroatoms. The van der Waals surface area contributed by atoms with Crippen molar-refractivity contribution in [2.24, 2.45) is 17.9 Å². The molecule has 14 aromatic rings. The molecule has 0 fully saturated rings. The largest absolute Gasteiger partial charge is 0.508 e. The summed E-state index contributed by atoms with van der Waals surface area (Å²) in [6, 6.07) is 75.7. The first-order valence-electron chi connectivity index (χ1n) is 41.3. The summed E-state index contributed by atoms with van der Waals surface area (Å²) in [5.41, 5.74) is 21.1. The van der Waals surface area contributed by atoms with E-state index in [0.29, 0.717) is 75.8 Å². The monoisotopic (exact) mass is 1660 g/mol. The van der Waals surface area contributed by atoms with Crippen LogP contribution in [0.3, 0.4) is 0 Å². The number of nitrogens with zero attached hydrogens (tertiary/aromatic N) is 6. The molecule has 1 aliphatic carbocycles. The Labute approximate surface area is 725 Å². The van der Waals surface area contributed by atoms with Gasteiger partial charge in [0.2, 0.25) is 0 Å². The molecular formula is C103H98N14O8. The van der Waals surface area contributed by atoms with Crippen LogP contribution in [0.5, 0.6) is 11.5 Å². The molecule has 4 amide bonds. The number of phenolic OH excluding ortho intramolecular Hbond substituents is 1. The summed E-state index contributed by atoms with van der Waals surface area (Å²) in [4.78, 5) is 90.4. The lowest BCUT2D eigenvalue weighted by atomic mass is 9.86. The molecule has 2 aliphatic heterocycles. The Kier molecular flexibility index (Phi) is 26.8. The van der Waals surface area contributed by atoms with E-state index in [4.69, 9.17) is 30.4 Å². The van der Waals surface area contributed by atoms with Gasteiger partial charge in [0.15, 0.2) is 17.3 Å². The zero-order chi connectivity index (χ0) is 87.8. The number of amides is 4. The van der Waals surface area contributed by atoms with Crippen LogP contribution in [0.2, 0.25) is 0 Å². The number of hydrogen-bond acceptors (Lipinski definition) is 16. The van der Waals surface area contributed by atoms with E-state index in [0.717, 1.165) is 147 Å². The topological polar surface area (TPSA) is 307 Å². The SMILES string of the molecule is CCCOc1ccc(-c2n/c(=c3/ccc4c(c3)CCC=4ON)c(=C3C=CNC=C3)[nH]2)cc1.Cc1ccc(NC(=O)c2cccc(C(C)(C)C)c2)cc1Nc1ccc2c(c1)C(=O)CC=N2.Cc1cccc(C(=O)Nc2ccc(C)c(NC(=O)c3ccc(O)cc3)c2)c1.Cc1cccc(NC(=O)c2ccc(C)c(Cc3nc(-c4ccccc4)nc4c3cnn4C)c2)c1. The highest BCUT2D eigenvalue weighted by Crippen LogP contribution is 2.33. The summed E-state index contributed by atoms with van der Waals surface area (Å²) in [6.45, 7) is 19.1. The number of aromatic nitrogens is 6. The second kappa shape index (κ2) is 39.0. The summed E-state index contributed by atoms with van der Waals surface area (Å²) < 4.78 is 7.49. The van der Waals surface area contributed by atoms with Gasteiger partial charge in [-0.1, -0.05) is 130 Å². The third kappa shape index (κ3) is 21.5. The smallest absolute Gasteiger partial charge is 0.255 e. The van der Waals surface area contributed by atoms with Gasteiger partial charge in [-0.2, -0.15) is 11.0 Å². The maximum Gasteiger partial charge on any atom is 0.255 e. The molecule has 3 aromatic heterocycles. The number of rotatable bonds is 18. The van der Waals surface area contributed by atoms with Crippen LogP contribution < -0.4 is 53.1 Å². The van der Waals surface area contributed by atoms with E-state index in [9.17, 15) is 29.1 Å². The maximum atomic E-state index is 12.9. The number of anilines is 6.